The number of carbonyl (C=O) groups excluding carboxylic acids is 3. The van der Waals surface area contributed by atoms with Crippen molar-refractivity contribution in [3.8, 4) is 0 Å². The molecule has 44 heavy (non-hydrogen) atoms. The van der Waals surface area contributed by atoms with E-state index in [0.29, 0.717) is 33.4 Å². The fourth-order valence-electron chi connectivity index (χ4n) is 4.11. The van der Waals surface area contributed by atoms with Crippen molar-refractivity contribution in [3.63, 3.8) is 0 Å². The summed E-state index contributed by atoms with van der Waals surface area (Å²) in [6.07, 6.45) is 2.20. The standard InChI is InChI=1S/C34H32Cl2N4O3S/c1-4-31(34(43)38-25-15-18-28(35)29(36)21-25)44-27-12-8-11-24(20-27)37-33(42)30(39-32(41)23-9-6-5-7-10-23)19-22-13-16-26(17-14-22)40(2)3/h5-21,31H,4H2,1-3H3,(H,37,42)(H,38,43)(H,39,41)/b30-19+. The van der Waals surface area contributed by atoms with Crippen LogP contribution in [0.4, 0.5) is 17.1 Å². The number of thioether (sulfide) groups is 1. The van der Waals surface area contributed by atoms with E-state index < -0.39 is 17.1 Å². The van der Waals surface area contributed by atoms with Gasteiger partial charge in [0.25, 0.3) is 11.8 Å². The van der Waals surface area contributed by atoms with E-state index in [1.54, 1.807) is 66.7 Å². The highest BCUT2D eigenvalue weighted by Crippen LogP contribution is 2.30. The molecule has 1 unspecified atom stereocenters. The third kappa shape index (κ3) is 9.13. The van der Waals surface area contributed by atoms with Gasteiger partial charge < -0.3 is 20.9 Å². The third-order valence-electron chi connectivity index (χ3n) is 6.47. The summed E-state index contributed by atoms with van der Waals surface area (Å²) in [5.74, 6) is -1.07. The second kappa shape index (κ2) is 15.5. The van der Waals surface area contributed by atoms with Gasteiger partial charge in [-0.3, -0.25) is 14.4 Å². The molecule has 0 spiro atoms. The first-order valence-electron chi connectivity index (χ1n) is 13.8. The molecule has 4 aromatic rings. The molecule has 10 heteroatoms. The molecule has 0 saturated heterocycles. The number of amides is 3. The zero-order valence-corrected chi connectivity index (χ0v) is 26.8. The average molecular weight is 648 g/mol. The predicted molar refractivity (Wildman–Crippen MR) is 183 cm³/mol. The first kappa shape index (κ1) is 32.7. The maximum atomic E-state index is 13.5. The van der Waals surface area contributed by atoms with Crippen molar-refractivity contribution in [1.29, 1.82) is 0 Å². The summed E-state index contributed by atoms with van der Waals surface area (Å²) < 4.78 is 0. The molecule has 3 N–H and O–H groups in total. The molecule has 0 aliphatic carbocycles. The van der Waals surface area contributed by atoms with E-state index in [-0.39, 0.29) is 11.6 Å². The van der Waals surface area contributed by atoms with Gasteiger partial charge in [0.15, 0.2) is 0 Å². The van der Waals surface area contributed by atoms with Crippen LogP contribution in [0, 0.1) is 0 Å². The second-order valence-corrected chi connectivity index (χ2v) is 12.1. The summed E-state index contributed by atoms with van der Waals surface area (Å²) in [4.78, 5) is 42.3. The van der Waals surface area contributed by atoms with Gasteiger partial charge in [-0.1, -0.05) is 66.5 Å². The zero-order valence-electron chi connectivity index (χ0n) is 24.4. The molecule has 4 rings (SSSR count). The molecule has 0 aliphatic rings. The normalized spacial score (nSPS) is 11.8. The van der Waals surface area contributed by atoms with Gasteiger partial charge in [-0.05, 0) is 78.7 Å². The number of nitrogens with one attached hydrogen (secondary N) is 3. The number of hydrogen-bond acceptors (Lipinski definition) is 5. The van der Waals surface area contributed by atoms with Crippen LogP contribution in [-0.2, 0) is 9.59 Å². The van der Waals surface area contributed by atoms with E-state index in [1.165, 1.54) is 11.8 Å². The van der Waals surface area contributed by atoms with Crippen LogP contribution >= 0.6 is 35.0 Å². The van der Waals surface area contributed by atoms with Crippen LogP contribution in [0.3, 0.4) is 0 Å². The third-order valence-corrected chi connectivity index (χ3v) is 8.57. The SMILES string of the molecule is CCC(Sc1cccc(NC(=O)/C(=C\c2ccc(N(C)C)cc2)NC(=O)c2ccccc2)c1)C(=O)Nc1ccc(Cl)c(Cl)c1. The maximum absolute atomic E-state index is 13.5. The van der Waals surface area contributed by atoms with E-state index in [2.05, 4.69) is 16.0 Å². The highest BCUT2D eigenvalue weighted by Gasteiger charge is 2.20. The molecule has 3 amide bonds. The van der Waals surface area contributed by atoms with Gasteiger partial charge in [0.05, 0.1) is 15.3 Å². The van der Waals surface area contributed by atoms with Crippen molar-refractivity contribution >= 4 is 75.8 Å². The van der Waals surface area contributed by atoms with E-state index in [4.69, 9.17) is 23.2 Å². The first-order valence-corrected chi connectivity index (χ1v) is 15.5. The summed E-state index contributed by atoms with van der Waals surface area (Å²) in [7, 11) is 3.89. The molecule has 1 atom stereocenters. The molecule has 0 heterocycles. The average Bonchev–Trinajstić information content (AvgIpc) is 3.02. The molecule has 226 valence electrons. The van der Waals surface area contributed by atoms with E-state index in [0.717, 1.165) is 16.1 Å². The molecular formula is C34H32Cl2N4O3S. The quantitative estimate of drug-likeness (QED) is 0.114. The Morgan fingerprint density at radius 3 is 2.18 bits per heavy atom. The van der Waals surface area contributed by atoms with Crippen molar-refractivity contribution in [3.05, 3.63) is 124 Å². The Hall–Kier alpha value is -4.24. The number of carbonyl (C=O) groups is 3. The van der Waals surface area contributed by atoms with Crippen molar-refractivity contribution < 1.29 is 14.4 Å². The summed E-state index contributed by atoms with van der Waals surface area (Å²) >= 11 is 13.5. The van der Waals surface area contributed by atoms with Crippen LogP contribution in [0.1, 0.15) is 29.3 Å². The lowest BCUT2D eigenvalue weighted by molar-refractivity contribution is -0.116. The summed E-state index contributed by atoms with van der Waals surface area (Å²) in [6, 6.07) is 28.5. The Kier molecular flexibility index (Phi) is 11.5. The molecule has 0 radical (unpaired) electrons. The largest absolute Gasteiger partial charge is 0.378 e. The molecule has 7 nitrogen and oxygen atoms in total. The van der Waals surface area contributed by atoms with Crippen molar-refractivity contribution in [1.82, 2.24) is 5.32 Å². The molecule has 0 saturated carbocycles. The number of hydrogen-bond donors (Lipinski definition) is 3. The molecule has 0 bridgehead atoms. The number of nitrogens with zero attached hydrogens (tertiary/aromatic N) is 1. The fourth-order valence-corrected chi connectivity index (χ4v) is 5.42. The highest BCUT2D eigenvalue weighted by molar-refractivity contribution is 8.00. The van der Waals surface area contributed by atoms with Gasteiger partial charge in [0.2, 0.25) is 5.91 Å². The summed E-state index contributed by atoms with van der Waals surface area (Å²) in [6.45, 7) is 1.93. The minimum Gasteiger partial charge on any atom is -0.378 e. The number of halogens is 2. The lowest BCUT2D eigenvalue weighted by atomic mass is 10.1. The van der Waals surface area contributed by atoms with Crippen LogP contribution in [0.2, 0.25) is 10.0 Å². The fraction of sp³-hybridized carbons (Fsp3) is 0.147. The van der Waals surface area contributed by atoms with Crippen LogP contribution in [0.25, 0.3) is 6.08 Å². The van der Waals surface area contributed by atoms with Gasteiger partial charge in [-0.15, -0.1) is 11.8 Å². The minimum absolute atomic E-state index is 0.0851. The summed E-state index contributed by atoms with van der Waals surface area (Å²) in [5.41, 5.74) is 3.34. The Bertz CT molecular complexity index is 1660. The monoisotopic (exact) mass is 646 g/mol. The molecule has 0 aliphatic heterocycles. The maximum Gasteiger partial charge on any atom is 0.272 e. The van der Waals surface area contributed by atoms with Gasteiger partial charge in [-0.2, -0.15) is 0 Å². The van der Waals surface area contributed by atoms with Crippen LogP contribution in [-0.4, -0.2) is 37.1 Å². The lowest BCUT2D eigenvalue weighted by Crippen LogP contribution is -2.30. The highest BCUT2D eigenvalue weighted by atomic mass is 35.5. The van der Waals surface area contributed by atoms with Gasteiger partial charge in [0, 0.05) is 41.6 Å². The van der Waals surface area contributed by atoms with Crippen LogP contribution in [0.5, 0.6) is 0 Å². The first-order chi connectivity index (χ1) is 21.1. The van der Waals surface area contributed by atoms with Crippen LogP contribution in [0.15, 0.2) is 108 Å². The predicted octanol–water partition coefficient (Wildman–Crippen LogP) is 7.98. The van der Waals surface area contributed by atoms with Crippen molar-refractivity contribution in [2.24, 2.45) is 0 Å². The molecule has 0 fully saturated rings. The Morgan fingerprint density at radius 1 is 0.818 bits per heavy atom. The zero-order chi connectivity index (χ0) is 31.6. The van der Waals surface area contributed by atoms with Crippen molar-refractivity contribution in [2.75, 3.05) is 29.6 Å². The van der Waals surface area contributed by atoms with E-state index in [1.807, 2.05) is 62.3 Å². The molecular weight excluding hydrogens is 615 g/mol. The summed E-state index contributed by atoms with van der Waals surface area (Å²) in [5, 5.41) is 8.90. The lowest BCUT2D eigenvalue weighted by Gasteiger charge is -2.16. The second-order valence-electron chi connectivity index (χ2n) is 9.98. The molecule has 4 aromatic carbocycles. The smallest absolute Gasteiger partial charge is 0.272 e. The van der Waals surface area contributed by atoms with Crippen LogP contribution < -0.4 is 20.9 Å². The number of benzene rings is 4. The van der Waals surface area contributed by atoms with Gasteiger partial charge in [-0.25, -0.2) is 0 Å². The Morgan fingerprint density at radius 2 is 1.52 bits per heavy atom. The van der Waals surface area contributed by atoms with E-state index in [9.17, 15) is 14.4 Å². The Labute approximate surface area is 271 Å². The van der Waals surface area contributed by atoms with Gasteiger partial charge >= 0.3 is 0 Å². The Balaban J connectivity index is 1.51. The number of rotatable bonds is 11. The number of anilines is 3. The van der Waals surface area contributed by atoms with Crippen molar-refractivity contribution in [2.45, 2.75) is 23.5 Å². The van der Waals surface area contributed by atoms with E-state index >= 15 is 0 Å². The van der Waals surface area contributed by atoms with Gasteiger partial charge in [0.1, 0.15) is 5.70 Å². The molecule has 0 aromatic heterocycles. The topological polar surface area (TPSA) is 90.5 Å². The minimum atomic E-state index is -0.488.